The maximum atomic E-state index is 13.0. The lowest BCUT2D eigenvalue weighted by atomic mass is 10.2. The van der Waals surface area contributed by atoms with Gasteiger partial charge in [0, 0.05) is 44.6 Å². The fourth-order valence-electron chi connectivity index (χ4n) is 4.40. The van der Waals surface area contributed by atoms with E-state index in [-0.39, 0.29) is 30.1 Å². The standard InChI is InChI=1S/C21H23F3N4O3S/c22-21(23,24)15-2-1-3-18(8-15)32(29,30)28-7-6-27-13-17(9-16(27)12-28)31-20-11-25-19(10-26-20)14-4-5-14/h1-3,8,10-11,14,16-17H,4-7,9,12-13H2/t16-,17-/m0/s1. The Balaban J connectivity index is 1.24. The van der Waals surface area contributed by atoms with Crippen LogP contribution in [-0.4, -0.2) is 65.9 Å². The third-order valence-electron chi connectivity index (χ3n) is 6.27. The summed E-state index contributed by atoms with van der Waals surface area (Å²) in [6, 6.07) is 3.85. The normalized spacial score (nSPS) is 25.0. The first kappa shape index (κ1) is 21.6. The molecule has 7 nitrogen and oxygen atoms in total. The number of nitrogens with zero attached hydrogens (tertiary/aromatic N) is 4. The van der Waals surface area contributed by atoms with Crippen molar-refractivity contribution in [2.24, 2.45) is 0 Å². The Labute approximate surface area is 184 Å². The SMILES string of the molecule is O=S(=O)(c1cccc(C(F)(F)F)c1)N1CCN2C[C@@H](Oc3cnc(C4CC4)cn3)C[C@H]2C1. The van der Waals surface area contributed by atoms with Gasteiger partial charge in [-0.05, 0) is 31.0 Å². The molecule has 32 heavy (non-hydrogen) atoms. The fourth-order valence-corrected chi connectivity index (χ4v) is 5.92. The number of benzene rings is 1. The van der Waals surface area contributed by atoms with Gasteiger partial charge in [-0.1, -0.05) is 6.07 Å². The smallest absolute Gasteiger partial charge is 0.416 e. The Morgan fingerprint density at radius 3 is 2.56 bits per heavy atom. The van der Waals surface area contributed by atoms with E-state index in [0.717, 1.165) is 30.7 Å². The van der Waals surface area contributed by atoms with Gasteiger partial charge >= 0.3 is 6.18 Å². The van der Waals surface area contributed by atoms with Gasteiger partial charge in [-0.2, -0.15) is 17.5 Å². The van der Waals surface area contributed by atoms with Crippen LogP contribution in [0.4, 0.5) is 13.2 Å². The number of piperazine rings is 1. The molecular weight excluding hydrogens is 445 g/mol. The summed E-state index contributed by atoms with van der Waals surface area (Å²) >= 11 is 0. The average Bonchev–Trinajstić information content (AvgIpc) is 3.53. The van der Waals surface area contributed by atoms with Crippen molar-refractivity contribution in [1.82, 2.24) is 19.2 Å². The minimum Gasteiger partial charge on any atom is -0.472 e. The fraction of sp³-hybridized carbons (Fsp3) is 0.524. The molecule has 0 spiro atoms. The number of hydrogen-bond donors (Lipinski definition) is 0. The number of hydrogen-bond acceptors (Lipinski definition) is 6. The second kappa shape index (κ2) is 7.96. The summed E-state index contributed by atoms with van der Waals surface area (Å²) in [7, 11) is -4.02. The summed E-state index contributed by atoms with van der Waals surface area (Å²) < 4.78 is 72.3. The van der Waals surface area contributed by atoms with Crippen LogP contribution in [0, 0.1) is 0 Å². The van der Waals surface area contributed by atoms with Gasteiger partial charge in [0.05, 0.1) is 28.5 Å². The number of alkyl halides is 3. The zero-order valence-electron chi connectivity index (χ0n) is 17.2. The van der Waals surface area contributed by atoms with Gasteiger partial charge in [-0.25, -0.2) is 13.4 Å². The summed E-state index contributed by atoms with van der Waals surface area (Å²) in [5.41, 5.74) is 0.0111. The Kier molecular flexibility index (Phi) is 5.37. The number of rotatable bonds is 5. The predicted molar refractivity (Wildman–Crippen MR) is 109 cm³/mol. The third-order valence-corrected chi connectivity index (χ3v) is 8.13. The summed E-state index contributed by atoms with van der Waals surface area (Å²) in [4.78, 5) is 10.6. The van der Waals surface area contributed by atoms with Crippen LogP contribution in [0.3, 0.4) is 0 Å². The van der Waals surface area contributed by atoms with E-state index in [1.54, 1.807) is 12.4 Å². The summed E-state index contributed by atoms with van der Waals surface area (Å²) in [6.45, 7) is 1.58. The molecule has 0 bridgehead atoms. The molecule has 3 fully saturated rings. The van der Waals surface area contributed by atoms with Crippen LogP contribution in [0.5, 0.6) is 5.88 Å². The van der Waals surface area contributed by atoms with Crippen molar-refractivity contribution in [1.29, 1.82) is 0 Å². The molecule has 0 N–H and O–H groups in total. The minimum absolute atomic E-state index is 0.0620. The van der Waals surface area contributed by atoms with Crippen molar-refractivity contribution >= 4 is 10.0 Å². The highest BCUT2D eigenvalue weighted by atomic mass is 32.2. The van der Waals surface area contributed by atoms with Gasteiger partial charge in [0.15, 0.2) is 0 Å². The Morgan fingerprint density at radius 1 is 1.06 bits per heavy atom. The summed E-state index contributed by atoms with van der Waals surface area (Å²) in [5.74, 6) is 0.967. The maximum Gasteiger partial charge on any atom is 0.416 e. The molecule has 11 heteroatoms. The van der Waals surface area contributed by atoms with E-state index in [0.29, 0.717) is 37.4 Å². The molecule has 1 aromatic carbocycles. The second-order valence-electron chi connectivity index (χ2n) is 8.57. The van der Waals surface area contributed by atoms with Gasteiger partial charge in [-0.3, -0.25) is 9.88 Å². The number of aromatic nitrogens is 2. The van der Waals surface area contributed by atoms with Crippen molar-refractivity contribution in [3.63, 3.8) is 0 Å². The van der Waals surface area contributed by atoms with E-state index in [2.05, 4.69) is 14.9 Å². The monoisotopic (exact) mass is 468 g/mol. The Morgan fingerprint density at radius 2 is 1.88 bits per heavy atom. The van der Waals surface area contributed by atoms with Gasteiger partial charge in [-0.15, -0.1) is 0 Å². The second-order valence-corrected chi connectivity index (χ2v) is 10.5. The quantitative estimate of drug-likeness (QED) is 0.672. The molecule has 0 amide bonds. The highest BCUT2D eigenvalue weighted by molar-refractivity contribution is 7.89. The molecular formula is C21H23F3N4O3S. The van der Waals surface area contributed by atoms with Crippen molar-refractivity contribution in [2.45, 2.75) is 48.4 Å². The van der Waals surface area contributed by atoms with E-state index in [1.807, 2.05) is 0 Å². The molecule has 1 aromatic heterocycles. The molecule has 2 saturated heterocycles. The summed E-state index contributed by atoms with van der Waals surface area (Å²) in [5, 5.41) is 0. The first-order chi connectivity index (χ1) is 15.2. The zero-order valence-corrected chi connectivity index (χ0v) is 18.0. The van der Waals surface area contributed by atoms with Crippen LogP contribution in [0.1, 0.15) is 36.4 Å². The molecule has 2 atom stereocenters. The number of sulfonamides is 1. The molecule has 1 aliphatic carbocycles. The van der Waals surface area contributed by atoms with Crippen LogP contribution in [0.2, 0.25) is 0 Å². The van der Waals surface area contributed by atoms with Gasteiger partial charge in [0.2, 0.25) is 15.9 Å². The molecule has 3 aliphatic rings. The largest absolute Gasteiger partial charge is 0.472 e. The molecule has 0 unspecified atom stereocenters. The van der Waals surface area contributed by atoms with Crippen molar-refractivity contribution in [2.75, 3.05) is 26.2 Å². The van der Waals surface area contributed by atoms with Crippen molar-refractivity contribution in [3.05, 3.63) is 47.9 Å². The number of ether oxygens (including phenoxy) is 1. The van der Waals surface area contributed by atoms with E-state index >= 15 is 0 Å². The third kappa shape index (κ3) is 4.33. The Bertz CT molecular complexity index is 1090. The van der Waals surface area contributed by atoms with Crippen molar-refractivity contribution in [3.8, 4) is 5.88 Å². The molecule has 5 rings (SSSR count). The molecule has 172 valence electrons. The number of fused-ring (bicyclic) bond motifs is 1. The molecule has 1 saturated carbocycles. The van der Waals surface area contributed by atoms with Crippen LogP contribution < -0.4 is 4.74 Å². The van der Waals surface area contributed by atoms with Crippen LogP contribution in [-0.2, 0) is 16.2 Å². The van der Waals surface area contributed by atoms with Gasteiger partial charge in [0.1, 0.15) is 6.10 Å². The number of halogens is 3. The highest BCUT2D eigenvalue weighted by Gasteiger charge is 2.41. The molecule has 2 aliphatic heterocycles. The average molecular weight is 469 g/mol. The molecule has 2 aromatic rings. The van der Waals surface area contributed by atoms with E-state index in [4.69, 9.17) is 4.74 Å². The lowest BCUT2D eigenvalue weighted by Crippen LogP contribution is -2.51. The van der Waals surface area contributed by atoms with E-state index in [1.165, 1.54) is 10.4 Å². The highest BCUT2D eigenvalue weighted by Crippen LogP contribution is 2.39. The van der Waals surface area contributed by atoms with E-state index < -0.39 is 21.8 Å². The maximum absolute atomic E-state index is 13.0. The van der Waals surface area contributed by atoms with Gasteiger partial charge in [0.25, 0.3) is 0 Å². The van der Waals surface area contributed by atoms with Crippen LogP contribution in [0.25, 0.3) is 0 Å². The lowest BCUT2D eigenvalue weighted by Gasteiger charge is -2.36. The van der Waals surface area contributed by atoms with Crippen LogP contribution >= 0.6 is 0 Å². The Hall–Kier alpha value is -2.24. The zero-order chi connectivity index (χ0) is 22.5. The van der Waals surface area contributed by atoms with Gasteiger partial charge < -0.3 is 4.74 Å². The lowest BCUT2D eigenvalue weighted by molar-refractivity contribution is -0.137. The topological polar surface area (TPSA) is 75.6 Å². The first-order valence-corrected chi connectivity index (χ1v) is 12.0. The minimum atomic E-state index is -4.60. The summed E-state index contributed by atoms with van der Waals surface area (Å²) in [6.07, 6.45) is 1.55. The van der Waals surface area contributed by atoms with Crippen LogP contribution in [0.15, 0.2) is 41.6 Å². The first-order valence-electron chi connectivity index (χ1n) is 10.6. The van der Waals surface area contributed by atoms with E-state index in [9.17, 15) is 21.6 Å². The van der Waals surface area contributed by atoms with Crippen molar-refractivity contribution < 1.29 is 26.3 Å². The predicted octanol–water partition coefficient (Wildman–Crippen LogP) is 2.90. The molecule has 0 radical (unpaired) electrons. The molecule has 3 heterocycles.